The molecule has 0 saturated carbocycles. The maximum absolute atomic E-state index is 13.8. The van der Waals surface area contributed by atoms with E-state index in [1.165, 1.54) is 0 Å². The van der Waals surface area contributed by atoms with Gasteiger partial charge in [-0.15, -0.1) is 0 Å². The molecule has 0 unspecified atom stereocenters. The summed E-state index contributed by atoms with van der Waals surface area (Å²) in [5.74, 6) is -0.719. The van der Waals surface area contributed by atoms with Crippen LogP contribution in [0.3, 0.4) is 0 Å². The number of nitrogens with zero attached hydrogens (tertiary/aromatic N) is 2. The molecular weight excluding hydrogens is 485 g/mol. The normalized spacial score (nSPS) is 18.4. The summed E-state index contributed by atoms with van der Waals surface area (Å²) in [6.45, 7) is 0. The summed E-state index contributed by atoms with van der Waals surface area (Å²) in [5.41, 5.74) is 0.883. The van der Waals surface area contributed by atoms with Crippen molar-refractivity contribution in [1.82, 2.24) is 9.78 Å². The van der Waals surface area contributed by atoms with Gasteiger partial charge in [0.05, 0.1) is 6.04 Å². The van der Waals surface area contributed by atoms with Gasteiger partial charge in [-0.2, -0.15) is 18.3 Å². The van der Waals surface area contributed by atoms with Crippen LogP contribution in [0.5, 0.6) is 0 Å². The minimum absolute atomic E-state index is 0.0277. The van der Waals surface area contributed by atoms with Crippen molar-refractivity contribution in [1.29, 1.82) is 0 Å². The number of halogens is 5. The summed E-state index contributed by atoms with van der Waals surface area (Å²) in [4.78, 5) is 12.7. The highest BCUT2D eigenvalue weighted by molar-refractivity contribution is 9.10. The molecule has 0 spiro atoms. The van der Waals surface area contributed by atoms with Crippen molar-refractivity contribution < 1.29 is 18.0 Å². The molecule has 2 atom stereocenters. The second kappa shape index (κ2) is 7.96. The summed E-state index contributed by atoms with van der Waals surface area (Å²) in [6.07, 6.45) is -4.83. The van der Waals surface area contributed by atoms with E-state index in [-0.39, 0.29) is 23.0 Å². The molecule has 0 radical (unpaired) electrons. The summed E-state index contributed by atoms with van der Waals surface area (Å²) in [6, 6.07) is 13.0. The lowest BCUT2D eigenvalue weighted by Crippen LogP contribution is -2.35. The Morgan fingerprint density at radius 3 is 2.47 bits per heavy atom. The number of hydrogen-bond acceptors (Lipinski definition) is 3. The molecule has 4 rings (SSSR count). The van der Waals surface area contributed by atoms with E-state index in [1.807, 2.05) is 0 Å². The maximum Gasteiger partial charge on any atom is 0.410 e. The molecule has 1 aromatic heterocycles. The molecule has 0 fully saturated rings. The number of aromatic nitrogens is 2. The fourth-order valence-corrected chi connectivity index (χ4v) is 3.89. The van der Waals surface area contributed by atoms with Crippen LogP contribution in [0.15, 0.2) is 59.1 Å². The van der Waals surface area contributed by atoms with Crippen LogP contribution in [0.4, 0.5) is 24.7 Å². The molecule has 1 aliphatic rings. The Morgan fingerprint density at radius 1 is 1.17 bits per heavy atom. The first-order chi connectivity index (χ1) is 14.2. The van der Waals surface area contributed by atoms with Gasteiger partial charge in [0.15, 0.2) is 11.7 Å². The Labute approximate surface area is 183 Å². The molecule has 30 heavy (non-hydrogen) atoms. The molecule has 2 aromatic carbocycles. The van der Waals surface area contributed by atoms with E-state index < -0.39 is 24.2 Å². The van der Waals surface area contributed by atoms with Crippen LogP contribution in [0, 0.1) is 0 Å². The van der Waals surface area contributed by atoms with Gasteiger partial charge in [-0.05, 0) is 29.8 Å². The lowest BCUT2D eigenvalue weighted by molar-refractivity contribution is -0.173. The van der Waals surface area contributed by atoms with Crippen LogP contribution in [0.2, 0.25) is 5.02 Å². The first kappa shape index (κ1) is 20.7. The first-order valence-electron chi connectivity index (χ1n) is 8.97. The number of nitrogens with one attached hydrogen (secondary N) is 2. The van der Waals surface area contributed by atoms with E-state index in [1.54, 1.807) is 54.6 Å². The van der Waals surface area contributed by atoms with Crippen LogP contribution in [0.25, 0.3) is 0 Å². The van der Waals surface area contributed by atoms with Crippen molar-refractivity contribution in [2.45, 2.75) is 24.7 Å². The van der Waals surface area contributed by atoms with Crippen molar-refractivity contribution in [2.24, 2.45) is 0 Å². The third-order valence-electron chi connectivity index (χ3n) is 4.81. The molecule has 1 aliphatic heterocycles. The summed E-state index contributed by atoms with van der Waals surface area (Å²) < 4.78 is 43.0. The van der Waals surface area contributed by atoms with Gasteiger partial charge in [0.25, 0.3) is 5.91 Å². The van der Waals surface area contributed by atoms with Gasteiger partial charge in [-0.3, -0.25) is 4.79 Å². The fourth-order valence-electron chi connectivity index (χ4n) is 3.36. The van der Waals surface area contributed by atoms with Gasteiger partial charge in [0.1, 0.15) is 10.8 Å². The monoisotopic (exact) mass is 498 g/mol. The standard InChI is InChI=1S/C20H15BrClF3N4O/c21-12-6-8-13(9-7-12)26-19(30)17-16(22)18-27-14(11-4-2-1-3-5-11)10-15(20(23,24)25)29(18)28-17/h1-9,14-15,27H,10H2,(H,26,30)/t14-,15+/m0/s1. The quantitative estimate of drug-likeness (QED) is 0.450. The van der Waals surface area contributed by atoms with Crippen molar-refractivity contribution in [3.05, 3.63) is 75.4 Å². The second-order valence-corrected chi connectivity index (χ2v) is 8.11. The minimum Gasteiger partial charge on any atom is -0.362 e. The van der Waals surface area contributed by atoms with Crippen LogP contribution >= 0.6 is 27.5 Å². The predicted molar refractivity (Wildman–Crippen MR) is 112 cm³/mol. The summed E-state index contributed by atoms with van der Waals surface area (Å²) in [7, 11) is 0. The number of fused-ring (bicyclic) bond motifs is 1. The average molecular weight is 500 g/mol. The topological polar surface area (TPSA) is 59.0 Å². The zero-order valence-electron chi connectivity index (χ0n) is 15.3. The summed E-state index contributed by atoms with van der Waals surface area (Å²) >= 11 is 9.61. The second-order valence-electron chi connectivity index (χ2n) is 6.82. The van der Waals surface area contributed by atoms with Gasteiger partial charge in [-0.1, -0.05) is 57.9 Å². The van der Waals surface area contributed by atoms with Gasteiger partial charge in [0, 0.05) is 16.6 Å². The molecular formula is C20H15BrClF3N4O. The Kier molecular flexibility index (Phi) is 5.50. The Balaban J connectivity index is 1.69. The number of amides is 1. The Morgan fingerprint density at radius 2 is 1.83 bits per heavy atom. The SMILES string of the molecule is O=C(Nc1ccc(Br)cc1)c1nn2c(c1Cl)N[C@H](c1ccccc1)C[C@@H]2C(F)(F)F. The van der Waals surface area contributed by atoms with Crippen LogP contribution in [-0.4, -0.2) is 21.9 Å². The average Bonchev–Trinajstić information content (AvgIpc) is 3.05. The third kappa shape index (κ3) is 4.04. The number of anilines is 2. The third-order valence-corrected chi connectivity index (χ3v) is 5.70. The summed E-state index contributed by atoms with van der Waals surface area (Å²) in [5, 5.41) is 9.38. The molecule has 5 nitrogen and oxygen atoms in total. The van der Waals surface area contributed by atoms with Crippen molar-refractivity contribution in [3.8, 4) is 0 Å². The highest BCUT2D eigenvalue weighted by Gasteiger charge is 2.47. The molecule has 10 heteroatoms. The number of rotatable bonds is 3. The molecule has 156 valence electrons. The Hall–Kier alpha value is -2.52. The van der Waals surface area contributed by atoms with Crippen molar-refractivity contribution in [2.75, 3.05) is 10.6 Å². The molecule has 0 saturated heterocycles. The van der Waals surface area contributed by atoms with E-state index in [0.717, 1.165) is 9.15 Å². The molecule has 0 aliphatic carbocycles. The van der Waals surface area contributed by atoms with Crippen LogP contribution in [-0.2, 0) is 0 Å². The van der Waals surface area contributed by atoms with Gasteiger partial charge in [-0.25, -0.2) is 4.68 Å². The van der Waals surface area contributed by atoms with Crippen LogP contribution < -0.4 is 10.6 Å². The lowest BCUT2D eigenvalue weighted by Gasteiger charge is -2.33. The maximum atomic E-state index is 13.8. The number of carbonyl (C=O) groups excluding carboxylic acids is 1. The molecule has 0 bridgehead atoms. The van der Waals surface area contributed by atoms with Gasteiger partial charge < -0.3 is 10.6 Å². The van der Waals surface area contributed by atoms with E-state index in [4.69, 9.17) is 11.6 Å². The predicted octanol–water partition coefficient (Wildman–Crippen LogP) is 6.21. The smallest absolute Gasteiger partial charge is 0.362 e. The van der Waals surface area contributed by atoms with Crippen LogP contribution in [0.1, 0.15) is 34.6 Å². The number of carbonyl (C=O) groups is 1. The fraction of sp³-hybridized carbons (Fsp3) is 0.200. The first-order valence-corrected chi connectivity index (χ1v) is 10.1. The number of benzene rings is 2. The Bertz CT molecular complexity index is 1070. The number of alkyl halides is 3. The zero-order valence-corrected chi connectivity index (χ0v) is 17.6. The number of hydrogen-bond donors (Lipinski definition) is 2. The van der Waals surface area contributed by atoms with Crippen molar-refractivity contribution >= 4 is 44.9 Å². The highest BCUT2D eigenvalue weighted by Crippen LogP contribution is 2.46. The highest BCUT2D eigenvalue weighted by atomic mass is 79.9. The molecule has 2 heterocycles. The van der Waals surface area contributed by atoms with E-state index in [0.29, 0.717) is 11.3 Å². The zero-order chi connectivity index (χ0) is 21.5. The van der Waals surface area contributed by atoms with E-state index in [2.05, 4.69) is 31.7 Å². The largest absolute Gasteiger partial charge is 0.410 e. The minimum atomic E-state index is -4.56. The van der Waals surface area contributed by atoms with Gasteiger partial charge >= 0.3 is 6.18 Å². The molecule has 3 aromatic rings. The van der Waals surface area contributed by atoms with Gasteiger partial charge in [0.2, 0.25) is 0 Å². The molecule has 2 N–H and O–H groups in total. The molecule has 1 amide bonds. The van der Waals surface area contributed by atoms with E-state index >= 15 is 0 Å². The van der Waals surface area contributed by atoms with Crippen molar-refractivity contribution in [3.63, 3.8) is 0 Å². The van der Waals surface area contributed by atoms with E-state index in [9.17, 15) is 18.0 Å². The lowest BCUT2D eigenvalue weighted by atomic mass is 9.97.